The van der Waals surface area contributed by atoms with E-state index in [9.17, 15) is 0 Å². The Morgan fingerprint density at radius 1 is 1.58 bits per heavy atom. The zero-order chi connectivity index (χ0) is 8.60. The third-order valence-corrected chi connectivity index (χ3v) is 5.19. The quantitative estimate of drug-likeness (QED) is 0.906. The second kappa shape index (κ2) is 3.33. The molecule has 1 aliphatic rings. The summed E-state index contributed by atoms with van der Waals surface area (Å²) in [6.45, 7) is 0.313. The largest absolute Gasteiger partial charge is 0.395 e. The summed E-state index contributed by atoms with van der Waals surface area (Å²) >= 11 is 6.98. The van der Waals surface area contributed by atoms with E-state index in [2.05, 4.69) is 28.1 Å². The molecule has 66 valence electrons. The van der Waals surface area contributed by atoms with Crippen LogP contribution in [0.2, 0.25) is 0 Å². The van der Waals surface area contributed by atoms with Gasteiger partial charge in [-0.3, -0.25) is 0 Å². The number of thioether (sulfide) groups is 1. The summed E-state index contributed by atoms with van der Waals surface area (Å²) in [5.41, 5.74) is 0. The molecule has 0 bridgehead atoms. The predicted molar refractivity (Wildman–Crippen MR) is 56.9 cm³/mol. The summed E-state index contributed by atoms with van der Waals surface area (Å²) < 4.78 is 2.64. The molecule has 0 spiro atoms. The van der Waals surface area contributed by atoms with E-state index in [1.54, 1.807) is 11.3 Å². The van der Waals surface area contributed by atoms with E-state index in [4.69, 9.17) is 5.11 Å². The van der Waals surface area contributed by atoms with Crippen LogP contribution in [0.1, 0.15) is 12.8 Å². The highest BCUT2D eigenvalue weighted by Gasteiger charge is 2.43. The van der Waals surface area contributed by atoms with Gasteiger partial charge in [0.1, 0.15) is 0 Å². The van der Waals surface area contributed by atoms with Crippen molar-refractivity contribution in [3.05, 3.63) is 15.9 Å². The molecule has 0 atom stereocenters. The Labute approximate surface area is 88.3 Å². The Kier molecular flexibility index (Phi) is 2.51. The van der Waals surface area contributed by atoms with E-state index in [0.29, 0.717) is 6.61 Å². The van der Waals surface area contributed by atoms with E-state index in [1.165, 1.54) is 8.00 Å². The summed E-state index contributed by atoms with van der Waals surface area (Å²) in [4.78, 5) is 0. The van der Waals surface area contributed by atoms with Crippen LogP contribution in [-0.4, -0.2) is 16.5 Å². The molecule has 12 heavy (non-hydrogen) atoms. The van der Waals surface area contributed by atoms with E-state index in [0.717, 1.165) is 12.8 Å². The van der Waals surface area contributed by atoms with Crippen molar-refractivity contribution in [3.8, 4) is 0 Å². The Hall–Kier alpha value is 0.490. The molecule has 0 aliphatic heterocycles. The highest BCUT2D eigenvalue weighted by atomic mass is 79.9. The Balaban J connectivity index is 2.04. The van der Waals surface area contributed by atoms with Gasteiger partial charge < -0.3 is 5.11 Å². The zero-order valence-electron chi connectivity index (χ0n) is 6.42. The number of thiophene rings is 1. The lowest BCUT2D eigenvalue weighted by molar-refractivity contribution is 0.289. The lowest BCUT2D eigenvalue weighted by Crippen LogP contribution is -2.07. The molecular weight excluding hydrogens is 256 g/mol. The lowest BCUT2D eigenvalue weighted by Gasteiger charge is -2.07. The van der Waals surface area contributed by atoms with Crippen molar-refractivity contribution >= 4 is 39.0 Å². The van der Waals surface area contributed by atoms with Crippen LogP contribution < -0.4 is 0 Å². The molecule has 1 aliphatic carbocycles. The second-order valence-electron chi connectivity index (χ2n) is 3.00. The minimum absolute atomic E-state index is 0.171. The first-order chi connectivity index (χ1) is 5.74. The summed E-state index contributed by atoms with van der Waals surface area (Å²) in [5, 5.41) is 9.10. The van der Waals surface area contributed by atoms with Crippen LogP contribution in [0, 0.1) is 0 Å². The third kappa shape index (κ3) is 1.87. The van der Waals surface area contributed by atoms with Gasteiger partial charge in [0.25, 0.3) is 0 Å². The van der Waals surface area contributed by atoms with Gasteiger partial charge in [0.2, 0.25) is 0 Å². The molecular formula is C8H9BrOS2. The number of hydrogen-bond acceptors (Lipinski definition) is 3. The highest BCUT2D eigenvalue weighted by molar-refractivity contribution is 9.11. The predicted octanol–water partition coefficient (Wildman–Crippen LogP) is 3.13. The molecule has 1 aromatic rings. The van der Waals surface area contributed by atoms with Crippen LogP contribution in [0.25, 0.3) is 0 Å². The Bertz CT molecular complexity index is 280. The number of rotatable bonds is 3. The Morgan fingerprint density at radius 3 is 2.75 bits per heavy atom. The summed E-state index contributed by atoms with van der Waals surface area (Å²) in [6.07, 6.45) is 2.31. The number of aliphatic hydroxyl groups is 1. The van der Waals surface area contributed by atoms with Crippen molar-refractivity contribution in [1.82, 2.24) is 0 Å². The van der Waals surface area contributed by atoms with Gasteiger partial charge >= 0.3 is 0 Å². The molecule has 0 saturated heterocycles. The maximum atomic E-state index is 9.10. The van der Waals surface area contributed by atoms with Gasteiger partial charge in [-0.15, -0.1) is 23.1 Å². The van der Waals surface area contributed by atoms with Gasteiger partial charge in [0.15, 0.2) is 0 Å². The summed E-state index contributed by atoms with van der Waals surface area (Å²) in [6, 6.07) is 4.16. The molecule has 4 heteroatoms. The monoisotopic (exact) mass is 264 g/mol. The average Bonchev–Trinajstić information content (AvgIpc) is 2.71. The molecule has 1 nitrogen and oxygen atoms in total. The van der Waals surface area contributed by atoms with Crippen LogP contribution in [-0.2, 0) is 0 Å². The van der Waals surface area contributed by atoms with Crippen LogP contribution >= 0.6 is 39.0 Å². The maximum absolute atomic E-state index is 9.10. The minimum atomic E-state index is 0.171. The first-order valence-electron chi connectivity index (χ1n) is 3.79. The first kappa shape index (κ1) is 9.06. The molecule has 1 heterocycles. The summed E-state index contributed by atoms with van der Waals surface area (Å²) in [5.74, 6) is 0. The van der Waals surface area contributed by atoms with Crippen LogP contribution in [0.4, 0.5) is 0 Å². The standard InChI is InChI=1S/C8H9BrOS2/c9-6-1-2-7(11-6)12-8(5-10)3-4-8/h1-2,10H,3-5H2. The summed E-state index contributed by atoms with van der Waals surface area (Å²) in [7, 11) is 0. The van der Waals surface area contributed by atoms with Gasteiger partial charge in [-0.05, 0) is 40.9 Å². The fraction of sp³-hybridized carbons (Fsp3) is 0.500. The first-order valence-corrected chi connectivity index (χ1v) is 6.22. The van der Waals surface area contributed by atoms with Crippen molar-refractivity contribution in [2.24, 2.45) is 0 Å². The molecule has 0 unspecified atom stereocenters. The van der Waals surface area contributed by atoms with Crippen molar-refractivity contribution < 1.29 is 5.11 Å². The van der Waals surface area contributed by atoms with Crippen LogP contribution in [0.15, 0.2) is 20.1 Å². The van der Waals surface area contributed by atoms with Crippen LogP contribution in [0.5, 0.6) is 0 Å². The highest BCUT2D eigenvalue weighted by Crippen LogP contribution is 2.52. The topological polar surface area (TPSA) is 20.2 Å². The van der Waals surface area contributed by atoms with E-state index < -0.39 is 0 Å². The van der Waals surface area contributed by atoms with Crippen molar-refractivity contribution in [2.75, 3.05) is 6.61 Å². The minimum Gasteiger partial charge on any atom is -0.395 e. The van der Waals surface area contributed by atoms with Gasteiger partial charge in [-0.1, -0.05) is 0 Å². The van der Waals surface area contributed by atoms with Gasteiger partial charge in [0.05, 0.1) is 14.6 Å². The zero-order valence-corrected chi connectivity index (χ0v) is 9.64. The van der Waals surface area contributed by atoms with E-state index in [1.807, 2.05) is 11.8 Å². The number of aliphatic hydroxyl groups excluding tert-OH is 1. The van der Waals surface area contributed by atoms with Gasteiger partial charge in [0, 0.05) is 4.75 Å². The molecule has 1 fully saturated rings. The normalized spacial score (nSPS) is 19.5. The fourth-order valence-electron chi connectivity index (χ4n) is 0.998. The molecule has 1 N–H and O–H groups in total. The van der Waals surface area contributed by atoms with Crippen LogP contribution in [0.3, 0.4) is 0 Å². The molecule has 0 radical (unpaired) electrons. The molecule has 0 amide bonds. The fourth-order valence-corrected chi connectivity index (χ4v) is 4.34. The Morgan fingerprint density at radius 2 is 2.33 bits per heavy atom. The van der Waals surface area contributed by atoms with Gasteiger partial charge in [-0.2, -0.15) is 0 Å². The third-order valence-electron chi connectivity index (χ3n) is 1.96. The van der Waals surface area contributed by atoms with Crippen molar-refractivity contribution in [1.29, 1.82) is 0 Å². The second-order valence-corrected chi connectivity index (χ2v) is 7.23. The van der Waals surface area contributed by atoms with E-state index >= 15 is 0 Å². The van der Waals surface area contributed by atoms with Crippen molar-refractivity contribution in [2.45, 2.75) is 21.8 Å². The molecule has 1 aromatic heterocycles. The molecule has 2 rings (SSSR count). The SMILES string of the molecule is OCC1(Sc2ccc(Br)s2)CC1. The van der Waals surface area contributed by atoms with E-state index in [-0.39, 0.29) is 4.75 Å². The maximum Gasteiger partial charge on any atom is 0.0710 e. The van der Waals surface area contributed by atoms with Gasteiger partial charge in [-0.25, -0.2) is 0 Å². The van der Waals surface area contributed by atoms with Crippen molar-refractivity contribution in [3.63, 3.8) is 0 Å². The number of halogens is 1. The number of hydrogen-bond donors (Lipinski definition) is 1. The lowest BCUT2D eigenvalue weighted by atomic mass is 10.5. The smallest absolute Gasteiger partial charge is 0.0710 e. The average molecular weight is 265 g/mol. The molecule has 1 saturated carbocycles. The molecule has 0 aromatic carbocycles.